The molecule has 1 heterocycles. The minimum atomic E-state index is -3.12. The summed E-state index contributed by atoms with van der Waals surface area (Å²) in [5, 5.41) is 11.0. The molecule has 0 amide bonds. The molecule has 2 unspecified atom stereocenters. The maximum absolute atomic E-state index is 14.3. The monoisotopic (exact) mass is 484 g/mol. The Balaban J connectivity index is 1.76. The van der Waals surface area contributed by atoms with Crippen molar-refractivity contribution < 1.29 is 32.1 Å². The molecule has 0 spiro atoms. The van der Waals surface area contributed by atoms with E-state index >= 15 is 0 Å². The summed E-state index contributed by atoms with van der Waals surface area (Å²) in [7, 11) is 2.93. The average Bonchev–Trinajstić information content (AvgIpc) is 2.84. The topological polar surface area (TPSA) is 45.2 Å². The van der Waals surface area contributed by atoms with E-state index < -0.39 is 36.4 Å². The summed E-state index contributed by atoms with van der Waals surface area (Å²) in [5.74, 6) is 0.273. The van der Waals surface area contributed by atoms with E-state index in [1.165, 1.54) is 20.1 Å². The van der Waals surface area contributed by atoms with Crippen molar-refractivity contribution in [1.82, 2.24) is 4.90 Å². The number of benzene rings is 2. The van der Waals surface area contributed by atoms with Crippen LogP contribution in [0.15, 0.2) is 42.5 Å². The van der Waals surface area contributed by atoms with Crippen LogP contribution in [0, 0.1) is 5.82 Å². The lowest BCUT2D eigenvalue weighted by atomic mass is 9.74. The molecule has 2 aromatic rings. The molecule has 0 aromatic heterocycles. The molecule has 0 bridgehead atoms. The molecule has 1 N–H and O–H groups in total. The number of nitrogens with zero attached hydrogens (tertiary/aromatic N) is 2. The lowest BCUT2D eigenvalue weighted by molar-refractivity contribution is -0.128. The van der Waals surface area contributed by atoms with Gasteiger partial charge in [-0.3, -0.25) is 9.29 Å². The van der Waals surface area contributed by atoms with E-state index in [1.54, 1.807) is 12.0 Å². The van der Waals surface area contributed by atoms with Gasteiger partial charge in [0, 0.05) is 43.7 Å². The van der Waals surface area contributed by atoms with Crippen molar-refractivity contribution in [1.29, 1.82) is 0 Å². The summed E-state index contributed by atoms with van der Waals surface area (Å²) in [6.45, 7) is 1.97. The average molecular weight is 485 g/mol. The van der Waals surface area contributed by atoms with Crippen LogP contribution in [-0.2, 0) is 5.41 Å². The highest BCUT2D eigenvalue weighted by Crippen LogP contribution is 2.41. The number of hydrogen-bond donors (Lipinski definition) is 1. The van der Waals surface area contributed by atoms with Gasteiger partial charge in [0.05, 0.1) is 26.6 Å². The number of aliphatic hydroxyl groups is 1. The molecule has 1 aliphatic heterocycles. The Morgan fingerprint density at radius 3 is 2.24 bits per heavy atom. The lowest BCUT2D eigenvalue weighted by Gasteiger charge is -2.43. The third kappa shape index (κ3) is 5.58. The molecule has 5 nitrogen and oxygen atoms in total. The highest BCUT2D eigenvalue weighted by Gasteiger charge is 2.47. The van der Waals surface area contributed by atoms with Crippen molar-refractivity contribution in [3.8, 4) is 11.5 Å². The second-order valence-electron chi connectivity index (χ2n) is 9.05. The Hall–Kier alpha value is -2.52. The van der Waals surface area contributed by atoms with Crippen molar-refractivity contribution in [2.75, 3.05) is 58.5 Å². The Kier molecular flexibility index (Phi) is 8.30. The summed E-state index contributed by atoms with van der Waals surface area (Å²) in [6.07, 6.45) is -3.72. The number of methoxy groups -OCH3 is 2. The molecule has 1 saturated heterocycles. The van der Waals surface area contributed by atoms with Crippen LogP contribution in [-0.4, -0.2) is 75.7 Å². The van der Waals surface area contributed by atoms with E-state index in [0.717, 1.165) is 23.6 Å². The fourth-order valence-electron chi connectivity index (χ4n) is 4.67. The molecule has 0 radical (unpaired) electrons. The van der Waals surface area contributed by atoms with Gasteiger partial charge in [-0.2, -0.15) is 0 Å². The van der Waals surface area contributed by atoms with Gasteiger partial charge >= 0.3 is 0 Å². The van der Waals surface area contributed by atoms with Crippen LogP contribution in [0.1, 0.15) is 18.9 Å². The highest BCUT2D eigenvalue weighted by atomic mass is 19.3. The van der Waals surface area contributed by atoms with Gasteiger partial charge in [0.15, 0.2) is 0 Å². The fourth-order valence-corrected chi connectivity index (χ4v) is 4.67. The van der Waals surface area contributed by atoms with Gasteiger partial charge in [-0.1, -0.05) is 19.1 Å². The van der Waals surface area contributed by atoms with Crippen LogP contribution in [0.4, 0.5) is 23.2 Å². The summed E-state index contributed by atoms with van der Waals surface area (Å²) in [6, 6.07) is 11.1. The van der Waals surface area contributed by atoms with E-state index in [-0.39, 0.29) is 17.9 Å². The van der Waals surface area contributed by atoms with Gasteiger partial charge in [-0.25, -0.2) is 13.2 Å². The number of anilines is 1. The number of hydrogen-bond acceptors (Lipinski definition) is 5. The zero-order chi connectivity index (χ0) is 24.9. The molecular weight excluding hydrogens is 452 g/mol. The number of rotatable bonds is 10. The zero-order valence-corrected chi connectivity index (χ0v) is 19.7. The van der Waals surface area contributed by atoms with Gasteiger partial charge in [-0.15, -0.1) is 0 Å². The first kappa shape index (κ1) is 26.1. The van der Waals surface area contributed by atoms with Gasteiger partial charge in [-0.05, 0) is 36.8 Å². The van der Waals surface area contributed by atoms with Crippen LogP contribution in [0.5, 0.6) is 11.5 Å². The molecule has 34 heavy (non-hydrogen) atoms. The van der Waals surface area contributed by atoms with E-state index in [4.69, 9.17) is 9.47 Å². The van der Waals surface area contributed by atoms with Crippen molar-refractivity contribution in [2.24, 2.45) is 0 Å². The number of ether oxygens (including phenoxy) is 2. The minimum Gasteiger partial charge on any atom is -0.496 e. The van der Waals surface area contributed by atoms with E-state index in [2.05, 4.69) is 4.90 Å². The van der Waals surface area contributed by atoms with Crippen LogP contribution in [0.3, 0.4) is 0 Å². The number of halogens is 4. The molecular formula is C25H32F4N2O3. The summed E-state index contributed by atoms with van der Waals surface area (Å²) >= 11 is 0. The SMILES string of the molecule is COc1ccccc1N1CCN(CC(O)(CC(C)(CF)c2cc(F)ccc2OC)C(F)F)CC1. The van der Waals surface area contributed by atoms with Gasteiger partial charge < -0.3 is 19.5 Å². The maximum atomic E-state index is 14.3. The first-order valence-electron chi connectivity index (χ1n) is 11.2. The second kappa shape index (κ2) is 10.8. The van der Waals surface area contributed by atoms with Crippen molar-refractivity contribution in [3.63, 3.8) is 0 Å². The van der Waals surface area contributed by atoms with Gasteiger partial charge in [0.25, 0.3) is 6.43 Å². The summed E-state index contributed by atoms with van der Waals surface area (Å²) < 4.78 is 67.2. The Bertz CT molecular complexity index is 956. The van der Waals surface area contributed by atoms with Crippen molar-refractivity contribution >= 4 is 5.69 Å². The Morgan fingerprint density at radius 2 is 1.65 bits per heavy atom. The molecule has 188 valence electrons. The maximum Gasteiger partial charge on any atom is 0.268 e. The molecule has 1 aliphatic rings. The predicted octanol–water partition coefficient (Wildman–Crippen LogP) is 4.28. The Labute approximate surface area is 197 Å². The van der Waals surface area contributed by atoms with Crippen LogP contribution in [0.25, 0.3) is 0 Å². The van der Waals surface area contributed by atoms with Gasteiger partial charge in [0.2, 0.25) is 0 Å². The van der Waals surface area contributed by atoms with Crippen molar-refractivity contribution in [3.05, 3.63) is 53.8 Å². The molecule has 2 aromatic carbocycles. The predicted molar refractivity (Wildman–Crippen MR) is 123 cm³/mol. The second-order valence-corrected chi connectivity index (χ2v) is 9.05. The summed E-state index contributed by atoms with van der Waals surface area (Å²) in [4.78, 5) is 3.85. The molecule has 0 saturated carbocycles. The van der Waals surface area contributed by atoms with E-state index in [0.29, 0.717) is 26.2 Å². The fraction of sp³-hybridized carbons (Fsp3) is 0.520. The lowest BCUT2D eigenvalue weighted by Crippen LogP contribution is -2.56. The smallest absolute Gasteiger partial charge is 0.268 e. The first-order valence-corrected chi connectivity index (χ1v) is 11.2. The van der Waals surface area contributed by atoms with Crippen LogP contribution in [0.2, 0.25) is 0 Å². The number of piperazine rings is 1. The third-order valence-electron chi connectivity index (χ3n) is 6.50. The number of para-hydroxylation sites is 2. The highest BCUT2D eigenvalue weighted by molar-refractivity contribution is 5.58. The molecule has 1 fully saturated rings. The molecule has 2 atom stereocenters. The van der Waals surface area contributed by atoms with Gasteiger partial charge in [0.1, 0.15) is 22.9 Å². The molecule has 3 rings (SSSR count). The van der Waals surface area contributed by atoms with E-state index in [9.17, 15) is 22.7 Å². The normalized spacial score (nSPS) is 18.4. The zero-order valence-electron chi connectivity index (χ0n) is 19.7. The number of alkyl halides is 3. The minimum absolute atomic E-state index is 0.109. The third-order valence-corrected chi connectivity index (χ3v) is 6.50. The van der Waals surface area contributed by atoms with Crippen molar-refractivity contribution in [2.45, 2.75) is 30.8 Å². The summed E-state index contributed by atoms with van der Waals surface area (Å²) in [5.41, 5.74) is -3.04. The first-order chi connectivity index (χ1) is 16.2. The largest absolute Gasteiger partial charge is 0.496 e. The van der Waals surface area contributed by atoms with E-state index in [1.807, 2.05) is 24.3 Å². The quantitative estimate of drug-likeness (QED) is 0.510. The number of β-amino-alcohol motifs (C(OH)–C–C–N with tert-alkyl or cyclic N) is 1. The standard InChI is InChI=1S/C25H32F4N2O3/c1-24(16-26,19-14-18(27)8-9-21(19)33-2)15-25(32,23(28)29)17-30-10-12-31(13-11-30)20-6-4-5-7-22(20)34-3/h4-9,14,23,32H,10-13,15-17H2,1-3H3. The Morgan fingerprint density at radius 1 is 1.00 bits per heavy atom. The molecule has 9 heteroatoms. The van der Waals surface area contributed by atoms with Crippen LogP contribution >= 0.6 is 0 Å². The molecule has 0 aliphatic carbocycles. The van der Waals surface area contributed by atoms with Crippen LogP contribution < -0.4 is 14.4 Å².